The predicted molar refractivity (Wildman–Crippen MR) is 78.5 cm³/mol. The van der Waals surface area contributed by atoms with Crippen LogP contribution in [0.15, 0.2) is 18.2 Å². The summed E-state index contributed by atoms with van der Waals surface area (Å²) in [6.07, 6.45) is -0.342. The Kier molecular flexibility index (Phi) is 3.93. The summed E-state index contributed by atoms with van der Waals surface area (Å²) >= 11 is 11.7. The molecule has 2 saturated heterocycles. The second-order valence-corrected chi connectivity index (χ2v) is 5.73. The third kappa shape index (κ3) is 3.07. The molecule has 0 aromatic heterocycles. The number of hydrogen-bond donors (Lipinski definition) is 1. The van der Waals surface area contributed by atoms with Crippen molar-refractivity contribution in [1.29, 1.82) is 0 Å². The first-order valence-electron chi connectivity index (χ1n) is 6.47. The topological polar surface area (TPSA) is 61.9 Å². The first-order chi connectivity index (χ1) is 10.0. The molecule has 6 nitrogen and oxygen atoms in total. The molecule has 2 amide bonds. The van der Waals surface area contributed by atoms with Crippen molar-refractivity contribution in [2.75, 3.05) is 31.5 Å². The van der Waals surface area contributed by atoms with E-state index in [2.05, 4.69) is 5.32 Å². The number of hydrogen-bond acceptors (Lipinski definition) is 4. The highest BCUT2D eigenvalue weighted by Crippen LogP contribution is 2.25. The van der Waals surface area contributed by atoms with E-state index < -0.39 is 0 Å². The Bertz CT molecular complexity index is 596. The number of nitrogens with zero attached hydrogens (tertiary/aromatic N) is 2. The Hall–Kier alpha value is -1.50. The van der Waals surface area contributed by atoms with Gasteiger partial charge < -0.3 is 15.0 Å². The number of anilines is 1. The lowest BCUT2D eigenvalue weighted by atomic mass is 10.3. The minimum atomic E-state index is -0.342. The van der Waals surface area contributed by atoms with Crippen LogP contribution in [0.5, 0.6) is 0 Å². The normalized spacial score (nSPS) is 21.9. The monoisotopic (exact) mass is 329 g/mol. The molecule has 21 heavy (non-hydrogen) atoms. The Morgan fingerprint density at radius 3 is 2.86 bits per heavy atom. The molecule has 1 N–H and O–H groups in total. The first kappa shape index (κ1) is 14.4. The summed E-state index contributed by atoms with van der Waals surface area (Å²) in [7, 11) is 0. The lowest BCUT2D eigenvalue weighted by molar-refractivity contribution is -0.142. The largest absolute Gasteiger partial charge is 0.443 e. The van der Waals surface area contributed by atoms with Crippen LogP contribution in [-0.2, 0) is 9.53 Å². The van der Waals surface area contributed by atoms with Crippen molar-refractivity contribution in [1.82, 2.24) is 9.80 Å². The zero-order valence-electron chi connectivity index (χ0n) is 11.0. The Morgan fingerprint density at radius 1 is 1.29 bits per heavy atom. The highest BCUT2D eigenvalue weighted by atomic mass is 35.5. The molecule has 2 fully saturated rings. The lowest BCUT2D eigenvalue weighted by Gasteiger charge is -2.35. The maximum absolute atomic E-state index is 12.2. The zero-order chi connectivity index (χ0) is 15.0. The molecule has 2 heterocycles. The number of carbonyl (C=O) groups is 2. The predicted octanol–water partition coefficient (Wildman–Crippen LogP) is 2.03. The number of nitrogens with one attached hydrogen (secondary N) is 1. The van der Waals surface area contributed by atoms with Crippen molar-refractivity contribution in [3.05, 3.63) is 28.2 Å². The van der Waals surface area contributed by atoms with E-state index in [1.165, 1.54) is 0 Å². The highest BCUT2D eigenvalue weighted by molar-refractivity contribution is 6.42. The fourth-order valence-electron chi connectivity index (χ4n) is 2.40. The van der Waals surface area contributed by atoms with Gasteiger partial charge >= 0.3 is 12.0 Å². The number of carbonyl (C=O) groups excluding carboxylic acids is 2. The molecular weight excluding hydrogens is 317 g/mol. The summed E-state index contributed by atoms with van der Waals surface area (Å²) < 4.78 is 5.16. The average Bonchev–Trinajstić information content (AvgIpc) is 2.82. The van der Waals surface area contributed by atoms with Crippen LogP contribution in [-0.4, -0.2) is 54.2 Å². The van der Waals surface area contributed by atoms with Crippen molar-refractivity contribution < 1.29 is 14.3 Å². The number of rotatable bonds is 1. The summed E-state index contributed by atoms with van der Waals surface area (Å²) in [5.41, 5.74) is 0.570. The molecule has 1 unspecified atom stereocenters. The molecule has 8 heteroatoms. The molecule has 0 radical (unpaired) electrons. The molecule has 1 atom stereocenters. The van der Waals surface area contributed by atoms with E-state index in [0.717, 1.165) is 0 Å². The maximum Gasteiger partial charge on any atom is 0.322 e. The van der Waals surface area contributed by atoms with Gasteiger partial charge in [0.25, 0.3) is 0 Å². The summed E-state index contributed by atoms with van der Waals surface area (Å²) in [4.78, 5) is 27.0. The molecular formula is C13H13Cl2N3O3. The maximum atomic E-state index is 12.2. The van der Waals surface area contributed by atoms with E-state index >= 15 is 0 Å². The highest BCUT2D eigenvalue weighted by Gasteiger charge is 2.38. The van der Waals surface area contributed by atoms with E-state index in [1.54, 1.807) is 23.1 Å². The van der Waals surface area contributed by atoms with Gasteiger partial charge in [-0.2, -0.15) is 0 Å². The van der Waals surface area contributed by atoms with Crippen molar-refractivity contribution in [3.63, 3.8) is 0 Å². The molecule has 112 valence electrons. The van der Waals surface area contributed by atoms with E-state index in [1.807, 2.05) is 4.90 Å². The molecule has 1 aromatic carbocycles. The number of ether oxygens (including phenoxy) is 1. The number of benzene rings is 1. The quantitative estimate of drug-likeness (QED) is 0.801. The Labute approximate surface area is 131 Å². The molecule has 2 aliphatic rings. The van der Waals surface area contributed by atoms with Crippen LogP contribution in [0.3, 0.4) is 0 Å². The van der Waals surface area contributed by atoms with Gasteiger partial charge in [-0.25, -0.2) is 4.79 Å². The fourth-order valence-corrected chi connectivity index (χ4v) is 2.69. The fraction of sp³-hybridized carbons (Fsp3) is 0.385. The Balaban J connectivity index is 1.63. The van der Waals surface area contributed by atoms with Crippen molar-refractivity contribution in [2.45, 2.75) is 6.23 Å². The van der Waals surface area contributed by atoms with Gasteiger partial charge in [0.2, 0.25) is 0 Å². The van der Waals surface area contributed by atoms with Gasteiger partial charge in [-0.1, -0.05) is 23.2 Å². The van der Waals surface area contributed by atoms with Crippen molar-refractivity contribution in [2.24, 2.45) is 0 Å². The number of halogens is 2. The number of amides is 2. The van der Waals surface area contributed by atoms with Crippen LogP contribution in [0, 0.1) is 0 Å². The third-order valence-electron chi connectivity index (χ3n) is 3.50. The van der Waals surface area contributed by atoms with Crippen LogP contribution in [0.4, 0.5) is 10.5 Å². The molecule has 1 aromatic rings. The van der Waals surface area contributed by atoms with Crippen LogP contribution in [0.1, 0.15) is 0 Å². The average molecular weight is 330 g/mol. The summed E-state index contributed by atoms with van der Waals surface area (Å²) in [6, 6.07) is 4.64. The number of urea groups is 1. The second-order valence-electron chi connectivity index (χ2n) is 4.92. The van der Waals surface area contributed by atoms with Crippen molar-refractivity contribution >= 4 is 40.9 Å². The van der Waals surface area contributed by atoms with E-state index in [4.69, 9.17) is 27.9 Å². The first-order valence-corrected chi connectivity index (χ1v) is 7.23. The smallest absolute Gasteiger partial charge is 0.322 e. The van der Waals surface area contributed by atoms with Gasteiger partial charge in [-0.05, 0) is 18.2 Å². The number of piperazine rings is 1. The minimum absolute atomic E-state index is 0.244. The van der Waals surface area contributed by atoms with Gasteiger partial charge in [0.05, 0.1) is 23.1 Å². The van der Waals surface area contributed by atoms with Crippen LogP contribution >= 0.6 is 23.2 Å². The van der Waals surface area contributed by atoms with Gasteiger partial charge in [-0.3, -0.25) is 9.69 Å². The lowest BCUT2D eigenvalue weighted by Crippen LogP contribution is -2.53. The molecule has 0 saturated carbocycles. The van der Waals surface area contributed by atoms with Gasteiger partial charge in [0.1, 0.15) is 0 Å². The molecule has 0 bridgehead atoms. The van der Waals surface area contributed by atoms with E-state index in [-0.39, 0.29) is 18.2 Å². The molecule has 3 rings (SSSR count). The van der Waals surface area contributed by atoms with E-state index in [0.29, 0.717) is 41.9 Å². The summed E-state index contributed by atoms with van der Waals surface area (Å²) in [5.74, 6) is -0.244. The van der Waals surface area contributed by atoms with Crippen LogP contribution < -0.4 is 5.32 Å². The summed E-state index contributed by atoms with van der Waals surface area (Å²) in [5, 5.41) is 3.57. The van der Waals surface area contributed by atoms with Gasteiger partial charge in [0, 0.05) is 18.8 Å². The standard InChI is InChI=1S/C13H13Cl2N3O3/c14-9-2-1-8(5-10(9)15)16-13(20)18-4-3-17-7-12(19)21-11(17)6-18/h1-2,5,11H,3-4,6-7H2,(H,16,20). The van der Waals surface area contributed by atoms with Crippen LogP contribution in [0.2, 0.25) is 10.0 Å². The number of esters is 1. The van der Waals surface area contributed by atoms with Gasteiger partial charge in [0.15, 0.2) is 6.23 Å². The third-order valence-corrected chi connectivity index (χ3v) is 4.24. The summed E-state index contributed by atoms with van der Waals surface area (Å²) in [6.45, 7) is 1.82. The number of fused-ring (bicyclic) bond motifs is 1. The molecule has 2 aliphatic heterocycles. The SMILES string of the molecule is O=C1CN2CCN(C(=O)Nc3ccc(Cl)c(Cl)c3)CC2O1. The zero-order valence-corrected chi connectivity index (χ0v) is 12.5. The molecule has 0 spiro atoms. The Morgan fingerprint density at radius 2 is 2.10 bits per heavy atom. The van der Waals surface area contributed by atoms with Crippen LogP contribution in [0.25, 0.3) is 0 Å². The second kappa shape index (κ2) is 5.71. The van der Waals surface area contributed by atoms with Gasteiger partial charge in [-0.15, -0.1) is 0 Å². The van der Waals surface area contributed by atoms with E-state index in [9.17, 15) is 9.59 Å². The minimum Gasteiger partial charge on any atom is -0.443 e. The molecule has 0 aliphatic carbocycles. The van der Waals surface area contributed by atoms with Crippen molar-refractivity contribution in [3.8, 4) is 0 Å².